The molecule has 3 fully saturated rings. The Labute approximate surface area is 583 Å². The molecule has 0 saturated carbocycles. The summed E-state index contributed by atoms with van der Waals surface area (Å²) in [6.07, 6.45) is -15.3. The first-order valence-corrected chi connectivity index (χ1v) is 31.2. The van der Waals surface area contributed by atoms with Crippen molar-refractivity contribution in [1.82, 2.24) is 74.4 Å². The molecule has 6 aromatic heterocycles. The summed E-state index contributed by atoms with van der Waals surface area (Å²) in [7, 11) is 1.68. The van der Waals surface area contributed by atoms with Gasteiger partial charge in [-0.3, -0.25) is 32.9 Å². The van der Waals surface area contributed by atoms with Gasteiger partial charge in [-0.2, -0.15) is 54.8 Å². The smallest absolute Gasteiger partial charge is 0.480 e. The number of aromatic nitrogens is 12. The zero-order valence-electron chi connectivity index (χ0n) is 55.8. The number of rotatable bonds is 11. The van der Waals surface area contributed by atoms with Crippen molar-refractivity contribution < 1.29 is 79.1 Å². The number of fused-ring (bicyclic) bond motifs is 3. The van der Waals surface area contributed by atoms with E-state index in [0.717, 1.165) is 112 Å². The van der Waals surface area contributed by atoms with Crippen molar-refractivity contribution in [1.29, 1.82) is 0 Å². The number of aromatic amines is 1. The van der Waals surface area contributed by atoms with Crippen LogP contribution in [0.1, 0.15) is 20.8 Å². The Kier molecular flexibility index (Phi) is 27.4. The minimum Gasteiger partial charge on any atom is -0.480 e. The van der Waals surface area contributed by atoms with Crippen LogP contribution in [0.2, 0.25) is 0 Å². The summed E-state index contributed by atoms with van der Waals surface area (Å²) in [4.78, 5) is 97.9. The highest BCUT2D eigenvalue weighted by atomic mass is 19.4. The van der Waals surface area contributed by atoms with E-state index in [4.69, 9.17) is 44.7 Å². The maximum atomic E-state index is 13.2. The zero-order valence-corrected chi connectivity index (χ0v) is 55.8. The fourth-order valence-electron chi connectivity index (χ4n) is 10.3. The maximum Gasteiger partial charge on any atom is 0.490 e. The molecule has 0 amide bonds. The van der Waals surface area contributed by atoms with Gasteiger partial charge in [0.25, 0.3) is 16.7 Å². The second-order valence-corrected chi connectivity index (χ2v) is 22.0. The lowest BCUT2D eigenvalue weighted by molar-refractivity contribution is -0.193. The SMILES string of the molecule is CC#CCn1c(N2CCNCC2)nc2c(-c3ccccc3)n[nH]c(=O)c21.CC#CCn1c(N2CCNCC2)nc2c(-c3ccccc3)nn(C)c(=O)c21.CC#CCn1c(N2CCNCC2)nc2c(-c3ccccc3)nn(CC(=O)O)c(=O)c21.O=C(O)C(F)(F)F.O=C(O)C(F)(F)F.O=C(O)C(F)(F)F. The molecule has 550 valence electrons. The molecule has 0 spiro atoms. The van der Waals surface area contributed by atoms with Crippen molar-refractivity contribution in [2.24, 2.45) is 7.05 Å². The van der Waals surface area contributed by atoms with Crippen LogP contribution < -0.4 is 47.3 Å². The number of nitrogens with zero attached hydrogens (tertiary/aromatic N) is 14. The second-order valence-electron chi connectivity index (χ2n) is 22.0. The Balaban J connectivity index is 0.000000192. The molecule has 9 heterocycles. The average Bonchev–Trinajstić information content (AvgIpc) is 1.60. The van der Waals surface area contributed by atoms with Gasteiger partial charge in [-0.25, -0.2) is 43.8 Å². The minimum absolute atomic E-state index is 0.156. The molecule has 0 aliphatic carbocycles. The Morgan fingerprint density at radius 3 is 1.07 bits per heavy atom. The molecule has 0 radical (unpaired) electrons. The number of H-pyrrole nitrogens is 1. The van der Waals surface area contributed by atoms with Gasteiger partial charge < -0.3 is 51.1 Å². The first-order chi connectivity index (χ1) is 49.4. The van der Waals surface area contributed by atoms with Gasteiger partial charge in [0.05, 0.1) is 19.6 Å². The van der Waals surface area contributed by atoms with Crippen LogP contribution in [-0.4, -0.2) is 200 Å². The Hall–Kier alpha value is -12.1. The van der Waals surface area contributed by atoms with Gasteiger partial charge in [0.15, 0.2) is 0 Å². The van der Waals surface area contributed by atoms with Gasteiger partial charge in [-0.15, -0.1) is 17.8 Å². The van der Waals surface area contributed by atoms with Gasteiger partial charge in [0, 0.05) is 102 Å². The summed E-state index contributed by atoms with van der Waals surface area (Å²) in [5.41, 5.74) is 6.73. The maximum absolute atomic E-state index is 13.2. The van der Waals surface area contributed by atoms with Crippen LogP contribution in [0.4, 0.5) is 57.4 Å². The van der Waals surface area contributed by atoms with Crippen LogP contribution >= 0.6 is 0 Å². The standard InChI is InChI=1S/C21H22N6O3.C20H22N6O.C19H20N6O.3C2HF3O2/c1-2-3-11-26-19-18(23-21(26)25-12-9-22-10-13-25)17(15-7-5-4-6-8-15)24-27(20(19)30)14-16(28)29;1-3-4-12-26-18-17(22-20(26)25-13-10-21-11-14-25)16(23-24(2)19(18)27)15-8-6-5-7-9-15;1-2-3-11-25-17-16(21-19(25)24-12-9-20-10-13-24)15(22-23-18(17)26)14-7-5-4-6-8-14;3*3-2(4,5)1(6)7/h4-8,22H,9-14H2,1H3,(H,28,29);5-9,21H,10-14H2,1-2H3;4-8,20H,9-13H2,1H3,(H,23,26);3*(H,6,7). The third-order valence-electron chi connectivity index (χ3n) is 15.0. The molecule has 0 bridgehead atoms. The summed E-state index contributed by atoms with van der Waals surface area (Å²) in [6, 6.07) is 29.0. The van der Waals surface area contributed by atoms with E-state index in [-0.39, 0.29) is 17.7 Å². The third-order valence-corrected chi connectivity index (χ3v) is 15.0. The number of anilines is 3. The van der Waals surface area contributed by atoms with Gasteiger partial charge in [0.1, 0.15) is 56.7 Å². The van der Waals surface area contributed by atoms with Gasteiger partial charge in [-0.1, -0.05) is 109 Å². The molecule has 3 saturated heterocycles. The Morgan fingerprint density at radius 1 is 0.452 bits per heavy atom. The lowest BCUT2D eigenvalue weighted by Crippen LogP contribution is -2.44. The van der Waals surface area contributed by atoms with E-state index in [9.17, 15) is 63.8 Å². The van der Waals surface area contributed by atoms with E-state index in [2.05, 4.69) is 86.6 Å². The number of imidazole rings is 3. The molecule has 12 rings (SSSR count). The number of aryl methyl sites for hydroxylation is 1. The number of piperazine rings is 3. The highest BCUT2D eigenvalue weighted by Crippen LogP contribution is 2.32. The predicted molar refractivity (Wildman–Crippen MR) is 363 cm³/mol. The average molecular weight is 1460 g/mol. The van der Waals surface area contributed by atoms with E-state index >= 15 is 0 Å². The summed E-state index contributed by atoms with van der Waals surface area (Å²) >= 11 is 0. The number of nitrogens with one attached hydrogen (secondary N) is 4. The highest BCUT2D eigenvalue weighted by molar-refractivity contribution is 5.93. The van der Waals surface area contributed by atoms with Crippen LogP contribution in [0.3, 0.4) is 0 Å². The lowest BCUT2D eigenvalue weighted by Gasteiger charge is -2.28. The summed E-state index contributed by atoms with van der Waals surface area (Å²) in [5, 5.41) is 56.5. The first-order valence-electron chi connectivity index (χ1n) is 31.2. The monoisotopic (exact) mass is 1460 g/mol. The molecular formula is C66H67F9N18O11. The number of hydrogen-bond donors (Lipinski definition) is 8. The van der Waals surface area contributed by atoms with Gasteiger partial charge in [-0.05, 0) is 20.8 Å². The number of carboxylic acids is 4. The van der Waals surface area contributed by atoms with Gasteiger partial charge in [0.2, 0.25) is 17.8 Å². The normalized spacial score (nSPS) is 13.5. The first kappa shape index (κ1) is 79.2. The van der Waals surface area contributed by atoms with Gasteiger partial charge >= 0.3 is 42.4 Å². The van der Waals surface area contributed by atoms with Crippen molar-refractivity contribution >= 4 is 74.8 Å². The second kappa shape index (κ2) is 36.0. The zero-order chi connectivity index (χ0) is 76.1. The molecule has 104 heavy (non-hydrogen) atoms. The highest BCUT2D eigenvalue weighted by Gasteiger charge is 2.40. The molecule has 0 atom stereocenters. The van der Waals surface area contributed by atoms with Crippen LogP contribution in [0.5, 0.6) is 0 Å². The van der Waals surface area contributed by atoms with Crippen LogP contribution in [0, 0.1) is 35.5 Å². The molecule has 8 N–H and O–H groups in total. The fourth-order valence-corrected chi connectivity index (χ4v) is 10.3. The molecule has 3 aliphatic rings. The molecule has 9 aromatic rings. The van der Waals surface area contributed by atoms with E-state index in [1.54, 1.807) is 32.4 Å². The number of aliphatic carboxylic acids is 4. The summed E-state index contributed by atoms with van der Waals surface area (Å²) in [6.45, 7) is 16.0. The molecule has 0 unspecified atom stereocenters. The number of halogens is 9. The van der Waals surface area contributed by atoms with E-state index in [1.165, 1.54) is 4.68 Å². The van der Waals surface area contributed by atoms with Crippen molar-refractivity contribution in [3.8, 4) is 69.3 Å². The number of benzene rings is 3. The predicted octanol–water partition coefficient (Wildman–Crippen LogP) is 5.13. The largest absolute Gasteiger partial charge is 0.490 e. The molecular weight excluding hydrogens is 1390 g/mol. The van der Waals surface area contributed by atoms with Crippen LogP contribution in [0.25, 0.3) is 66.9 Å². The lowest BCUT2D eigenvalue weighted by atomic mass is 10.1. The van der Waals surface area contributed by atoms with E-state index < -0.39 is 54.5 Å². The Bertz CT molecular complexity index is 4830. The van der Waals surface area contributed by atoms with Crippen molar-refractivity contribution in [2.75, 3.05) is 93.2 Å². The topological polar surface area (TPSA) is 364 Å². The fraction of sp³-hybridized carbons (Fsp3) is 0.348. The van der Waals surface area contributed by atoms with Crippen LogP contribution in [0.15, 0.2) is 105 Å². The third kappa shape index (κ3) is 20.3. The summed E-state index contributed by atoms with van der Waals surface area (Å²) in [5.74, 6) is 10.7. The molecule has 38 heteroatoms. The summed E-state index contributed by atoms with van der Waals surface area (Å²) < 4.78 is 103. The number of alkyl halides is 9. The number of hydrogen-bond acceptors (Lipinski definition) is 19. The van der Waals surface area contributed by atoms with Crippen molar-refractivity contribution in [2.45, 2.75) is 65.5 Å². The quantitative estimate of drug-likeness (QED) is 0.0615. The minimum atomic E-state index is -5.08. The van der Waals surface area contributed by atoms with Crippen molar-refractivity contribution in [3.63, 3.8) is 0 Å². The Morgan fingerprint density at radius 2 is 0.750 bits per heavy atom. The van der Waals surface area contributed by atoms with E-state index in [0.29, 0.717) is 69.2 Å². The molecule has 29 nitrogen and oxygen atoms in total. The number of carbonyl (C=O) groups is 4. The number of carboxylic acid groups (broad SMARTS) is 4. The van der Waals surface area contributed by atoms with Crippen molar-refractivity contribution in [3.05, 3.63) is 122 Å². The molecule has 3 aliphatic heterocycles. The van der Waals surface area contributed by atoms with Crippen LogP contribution in [-0.2, 0) is 52.4 Å². The molecule has 3 aromatic carbocycles. The van der Waals surface area contributed by atoms with E-state index in [1.807, 2.05) is 100 Å².